The number of carbonyl (C=O) groups excluding carboxylic acids is 2. The molecule has 1 aromatic rings. The maximum atomic E-state index is 12.8. The first-order chi connectivity index (χ1) is 11.1. The molecule has 4 nitrogen and oxygen atoms in total. The second-order valence-corrected chi connectivity index (χ2v) is 6.02. The van der Waals surface area contributed by atoms with Crippen LogP contribution < -0.4 is 5.32 Å². The van der Waals surface area contributed by atoms with E-state index in [0.29, 0.717) is 25.8 Å². The molecule has 2 rings (SSSR count). The van der Waals surface area contributed by atoms with Crippen molar-refractivity contribution in [1.29, 1.82) is 0 Å². The van der Waals surface area contributed by atoms with Crippen molar-refractivity contribution in [2.24, 2.45) is 0 Å². The van der Waals surface area contributed by atoms with E-state index in [2.05, 4.69) is 5.32 Å². The van der Waals surface area contributed by atoms with E-state index in [-0.39, 0.29) is 17.6 Å². The molecule has 0 atom stereocenters. The molecule has 0 aromatic heterocycles. The second kappa shape index (κ2) is 9.28. The molecule has 23 heavy (non-hydrogen) atoms. The fraction of sp³-hybridized carbons (Fsp3) is 0.556. The first-order valence-electron chi connectivity index (χ1n) is 8.44. The Balaban J connectivity index is 1.59. The van der Waals surface area contributed by atoms with E-state index in [4.69, 9.17) is 0 Å². The van der Waals surface area contributed by atoms with Crippen molar-refractivity contribution in [1.82, 2.24) is 10.2 Å². The van der Waals surface area contributed by atoms with Crippen LogP contribution in [0.5, 0.6) is 0 Å². The smallest absolute Gasteiger partial charge is 0.222 e. The van der Waals surface area contributed by atoms with Crippen molar-refractivity contribution in [2.45, 2.75) is 44.9 Å². The van der Waals surface area contributed by atoms with Crippen LogP contribution in [-0.4, -0.2) is 36.3 Å². The molecule has 0 aliphatic carbocycles. The van der Waals surface area contributed by atoms with Gasteiger partial charge >= 0.3 is 0 Å². The van der Waals surface area contributed by atoms with Crippen LogP contribution in [-0.2, 0) is 16.0 Å². The number of aryl methyl sites for hydroxylation is 1. The lowest BCUT2D eigenvalue weighted by Gasteiger charge is -2.20. The number of rotatable bonds is 7. The minimum atomic E-state index is -0.263. The van der Waals surface area contributed by atoms with Gasteiger partial charge in [0.25, 0.3) is 0 Å². The molecule has 1 aliphatic rings. The van der Waals surface area contributed by atoms with Gasteiger partial charge in [0.2, 0.25) is 11.8 Å². The lowest BCUT2D eigenvalue weighted by Crippen LogP contribution is -2.34. The van der Waals surface area contributed by atoms with E-state index in [1.165, 1.54) is 12.1 Å². The van der Waals surface area contributed by atoms with E-state index in [9.17, 15) is 14.0 Å². The lowest BCUT2D eigenvalue weighted by molar-refractivity contribution is -0.130. The third-order valence-corrected chi connectivity index (χ3v) is 4.15. The Bertz CT molecular complexity index is 516. The molecule has 1 heterocycles. The first-order valence-corrected chi connectivity index (χ1v) is 8.44. The Kier molecular flexibility index (Phi) is 7.04. The molecule has 5 heteroatoms. The number of nitrogens with zero attached hydrogens (tertiary/aromatic N) is 1. The Morgan fingerprint density at radius 2 is 1.96 bits per heavy atom. The molecular formula is C18H25FN2O2. The van der Waals surface area contributed by atoms with Crippen molar-refractivity contribution in [3.63, 3.8) is 0 Å². The summed E-state index contributed by atoms with van der Waals surface area (Å²) in [7, 11) is 0. The van der Waals surface area contributed by atoms with Gasteiger partial charge < -0.3 is 10.2 Å². The van der Waals surface area contributed by atoms with Crippen LogP contribution in [0.25, 0.3) is 0 Å². The third-order valence-electron chi connectivity index (χ3n) is 4.15. The zero-order valence-corrected chi connectivity index (χ0v) is 13.5. The highest BCUT2D eigenvalue weighted by Crippen LogP contribution is 2.11. The van der Waals surface area contributed by atoms with Crippen molar-refractivity contribution in [2.75, 3.05) is 19.6 Å². The van der Waals surface area contributed by atoms with Crippen LogP contribution >= 0.6 is 0 Å². The highest BCUT2D eigenvalue weighted by molar-refractivity contribution is 5.76. The standard InChI is InChI=1S/C18H25FN2O2/c19-16-9-6-15(7-10-16)8-11-17(22)20-12-4-14-21-13-3-1-2-5-18(21)23/h6-7,9-10H,1-5,8,11-14H2,(H,20,22). The average molecular weight is 320 g/mol. The molecule has 1 aliphatic heterocycles. The first kappa shape index (κ1) is 17.4. The second-order valence-electron chi connectivity index (χ2n) is 6.02. The van der Waals surface area contributed by atoms with Crippen LogP contribution in [0.4, 0.5) is 4.39 Å². The highest BCUT2D eigenvalue weighted by atomic mass is 19.1. The quantitative estimate of drug-likeness (QED) is 0.785. The predicted octanol–water partition coefficient (Wildman–Crippen LogP) is 2.67. The Labute approximate surface area is 137 Å². The number of nitrogens with one attached hydrogen (secondary N) is 1. The van der Waals surface area contributed by atoms with Gasteiger partial charge in [-0.05, 0) is 43.4 Å². The number of likely N-dealkylation sites (tertiary alicyclic amines) is 1. The SMILES string of the molecule is O=C(CCc1ccc(F)cc1)NCCCN1CCCCCC1=O. The molecule has 0 unspecified atom stereocenters. The van der Waals surface area contributed by atoms with E-state index >= 15 is 0 Å². The number of hydrogen-bond donors (Lipinski definition) is 1. The fourth-order valence-corrected chi connectivity index (χ4v) is 2.77. The Morgan fingerprint density at radius 1 is 1.17 bits per heavy atom. The summed E-state index contributed by atoms with van der Waals surface area (Å²) >= 11 is 0. The summed E-state index contributed by atoms with van der Waals surface area (Å²) in [6.45, 7) is 2.15. The number of amides is 2. The van der Waals surface area contributed by atoms with Gasteiger partial charge in [0.05, 0.1) is 0 Å². The van der Waals surface area contributed by atoms with Gasteiger partial charge in [-0.1, -0.05) is 18.6 Å². The summed E-state index contributed by atoms with van der Waals surface area (Å²) in [5.74, 6) is -0.0251. The van der Waals surface area contributed by atoms with Crippen LogP contribution in [0.3, 0.4) is 0 Å². The van der Waals surface area contributed by atoms with Crippen LogP contribution in [0, 0.1) is 5.82 Å². The molecule has 1 saturated heterocycles. The molecule has 2 amide bonds. The molecule has 0 saturated carbocycles. The summed E-state index contributed by atoms with van der Waals surface area (Å²) in [5.41, 5.74) is 0.955. The minimum Gasteiger partial charge on any atom is -0.356 e. The minimum absolute atomic E-state index is 0.00322. The summed E-state index contributed by atoms with van der Waals surface area (Å²) in [4.78, 5) is 25.5. The van der Waals surface area contributed by atoms with Gasteiger partial charge in [0.15, 0.2) is 0 Å². The van der Waals surface area contributed by atoms with Crippen molar-refractivity contribution in [3.05, 3.63) is 35.6 Å². The molecule has 0 bridgehead atoms. The van der Waals surface area contributed by atoms with Gasteiger partial charge in [-0.3, -0.25) is 9.59 Å². The van der Waals surface area contributed by atoms with Crippen molar-refractivity contribution >= 4 is 11.8 Å². The number of carbonyl (C=O) groups is 2. The van der Waals surface area contributed by atoms with Gasteiger partial charge in [0.1, 0.15) is 5.82 Å². The maximum absolute atomic E-state index is 12.8. The van der Waals surface area contributed by atoms with Crippen LogP contribution in [0.15, 0.2) is 24.3 Å². The Morgan fingerprint density at radius 3 is 2.74 bits per heavy atom. The van der Waals surface area contributed by atoms with Crippen LogP contribution in [0.1, 0.15) is 44.1 Å². The van der Waals surface area contributed by atoms with E-state index in [1.807, 2.05) is 4.90 Å². The van der Waals surface area contributed by atoms with Gasteiger partial charge in [-0.2, -0.15) is 0 Å². The molecule has 126 valence electrons. The summed E-state index contributed by atoms with van der Waals surface area (Å²) < 4.78 is 12.8. The zero-order chi connectivity index (χ0) is 16.5. The largest absolute Gasteiger partial charge is 0.356 e. The predicted molar refractivity (Wildman–Crippen MR) is 87.4 cm³/mol. The molecule has 0 radical (unpaired) electrons. The highest BCUT2D eigenvalue weighted by Gasteiger charge is 2.15. The maximum Gasteiger partial charge on any atom is 0.222 e. The Hall–Kier alpha value is -1.91. The van der Waals surface area contributed by atoms with Crippen molar-refractivity contribution in [3.8, 4) is 0 Å². The van der Waals surface area contributed by atoms with E-state index in [1.54, 1.807) is 12.1 Å². The van der Waals surface area contributed by atoms with Gasteiger partial charge in [-0.15, -0.1) is 0 Å². The van der Waals surface area contributed by atoms with Gasteiger partial charge in [0, 0.05) is 32.5 Å². The summed E-state index contributed by atoms with van der Waals surface area (Å²) in [5, 5.41) is 2.88. The fourth-order valence-electron chi connectivity index (χ4n) is 2.77. The topological polar surface area (TPSA) is 49.4 Å². The van der Waals surface area contributed by atoms with E-state index < -0.39 is 0 Å². The lowest BCUT2D eigenvalue weighted by atomic mass is 10.1. The molecule has 1 N–H and O–H groups in total. The molecular weight excluding hydrogens is 295 g/mol. The van der Waals surface area contributed by atoms with Crippen LogP contribution in [0.2, 0.25) is 0 Å². The van der Waals surface area contributed by atoms with Crippen molar-refractivity contribution < 1.29 is 14.0 Å². The average Bonchev–Trinajstić information content (AvgIpc) is 2.75. The normalized spacial score (nSPS) is 15.3. The monoisotopic (exact) mass is 320 g/mol. The number of benzene rings is 1. The third kappa shape index (κ3) is 6.38. The summed E-state index contributed by atoms with van der Waals surface area (Å²) in [6, 6.07) is 6.22. The zero-order valence-electron chi connectivity index (χ0n) is 13.5. The number of halogens is 1. The molecule has 0 spiro atoms. The van der Waals surface area contributed by atoms with Gasteiger partial charge in [-0.25, -0.2) is 4.39 Å². The molecule has 1 aromatic carbocycles. The number of hydrogen-bond acceptors (Lipinski definition) is 2. The van der Waals surface area contributed by atoms with E-state index in [0.717, 1.165) is 44.3 Å². The summed E-state index contributed by atoms with van der Waals surface area (Å²) in [6.07, 6.45) is 5.65. The molecule has 1 fully saturated rings.